The first kappa shape index (κ1) is 40.2. The third-order valence-electron chi connectivity index (χ3n) is 5.53. The summed E-state index contributed by atoms with van der Waals surface area (Å²) in [4.78, 5) is 64.9. The number of halogens is 8. The topological polar surface area (TPSA) is 176 Å². The average Bonchev–Trinajstić information content (AvgIpc) is 2.86. The zero-order chi connectivity index (χ0) is 36.0. The molecule has 2 saturated heterocycles. The predicted molar refractivity (Wildman–Crippen MR) is 125 cm³/mol. The fraction of sp³-hybridized carbons (Fsp3) is 0.750. The second-order valence-corrected chi connectivity index (χ2v) is 9.36. The van der Waals surface area contributed by atoms with E-state index < -0.39 is 110 Å². The molecule has 0 amide bonds. The minimum absolute atomic E-state index is 0.712. The molecule has 2 aliphatic heterocycles. The third-order valence-corrected chi connectivity index (χ3v) is 5.53. The molecule has 2 fully saturated rings. The number of alkyl halides is 8. The Hall–Kier alpha value is -3.82. The molecule has 0 aromatic heterocycles. The first-order chi connectivity index (χ1) is 20.8. The molecule has 46 heavy (non-hydrogen) atoms. The number of rotatable bonds is 8. The van der Waals surface area contributed by atoms with Crippen LogP contribution in [0.3, 0.4) is 0 Å². The molecular formula is C24H28F8O14. The maximum atomic E-state index is 14.0. The predicted octanol–water partition coefficient (Wildman–Crippen LogP) is 2.08. The Kier molecular flexibility index (Phi) is 13.3. The van der Waals surface area contributed by atoms with Gasteiger partial charge >= 0.3 is 59.5 Å². The van der Waals surface area contributed by atoms with Gasteiger partial charge in [0.05, 0.1) is 0 Å². The van der Waals surface area contributed by atoms with Gasteiger partial charge in [0, 0.05) is 41.5 Å². The summed E-state index contributed by atoms with van der Waals surface area (Å²) in [6.45, 7) is 2.41. The molecule has 14 nitrogen and oxygen atoms in total. The molecule has 2 heterocycles. The van der Waals surface area contributed by atoms with Crippen LogP contribution in [0.2, 0.25) is 0 Å². The fourth-order valence-corrected chi connectivity index (χ4v) is 3.58. The Labute approximate surface area is 253 Å². The van der Waals surface area contributed by atoms with Crippen LogP contribution < -0.4 is 0 Å². The van der Waals surface area contributed by atoms with Crippen LogP contribution in [0.5, 0.6) is 0 Å². The van der Waals surface area contributed by atoms with Crippen molar-refractivity contribution < 1.29 is 102 Å². The number of hydrogen-bond donors (Lipinski definition) is 0. The van der Waals surface area contributed by atoms with Crippen LogP contribution in [-0.4, -0.2) is 110 Å². The van der Waals surface area contributed by atoms with Gasteiger partial charge in [0.15, 0.2) is 12.2 Å². The number of ether oxygens (including phenoxy) is 8. The minimum Gasteiger partial charge on any atom is -0.463 e. The van der Waals surface area contributed by atoms with Gasteiger partial charge in [-0.25, -0.2) is 0 Å². The van der Waals surface area contributed by atoms with Crippen molar-refractivity contribution in [3.63, 3.8) is 0 Å². The SMILES string of the molecule is CC(=O)OC[C@H]1O[C@@H](OC(C)=O)[C@H](OC(C)=O)C(F)(F)C1(F)F.CC(=O)OC[C@H]1O[C@@H](OC(C)=O)[C@H](OC(C)=O)C(F)(F)C1(F)F. The molecule has 0 unspecified atom stereocenters. The highest BCUT2D eigenvalue weighted by Gasteiger charge is 2.75. The van der Waals surface area contributed by atoms with Crippen molar-refractivity contribution in [1.82, 2.24) is 0 Å². The van der Waals surface area contributed by atoms with Crippen molar-refractivity contribution in [2.24, 2.45) is 0 Å². The quantitative estimate of drug-likeness (QED) is 0.205. The monoisotopic (exact) mass is 692 g/mol. The first-order valence-electron chi connectivity index (χ1n) is 12.6. The van der Waals surface area contributed by atoms with E-state index in [0.717, 1.165) is 27.7 Å². The number of hydrogen-bond acceptors (Lipinski definition) is 14. The highest BCUT2D eigenvalue weighted by atomic mass is 19.3. The van der Waals surface area contributed by atoms with Gasteiger partial charge in [-0.2, -0.15) is 35.1 Å². The van der Waals surface area contributed by atoms with Crippen LogP contribution in [0.1, 0.15) is 41.5 Å². The highest BCUT2D eigenvalue weighted by molar-refractivity contribution is 5.68. The van der Waals surface area contributed by atoms with Crippen LogP contribution in [0.25, 0.3) is 0 Å². The van der Waals surface area contributed by atoms with Gasteiger partial charge < -0.3 is 37.9 Å². The molecular weight excluding hydrogens is 664 g/mol. The van der Waals surface area contributed by atoms with Crippen molar-refractivity contribution in [3.05, 3.63) is 0 Å². The number of esters is 6. The molecule has 2 aliphatic rings. The van der Waals surface area contributed by atoms with Crippen LogP contribution in [-0.2, 0) is 66.7 Å². The van der Waals surface area contributed by atoms with Crippen LogP contribution in [0.4, 0.5) is 35.1 Å². The van der Waals surface area contributed by atoms with Gasteiger partial charge in [-0.1, -0.05) is 0 Å². The van der Waals surface area contributed by atoms with Crippen LogP contribution >= 0.6 is 0 Å². The van der Waals surface area contributed by atoms with Crippen LogP contribution in [0.15, 0.2) is 0 Å². The van der Waals surface area contributed by atoms with Gasteiger partial charge in [-0.3, -0.25) is 28.8 Å². The zero-order valence-corrected chi connectivity index (χ0v) is 24.6. The zero-order valence-electron chi connectivity index (χ0n) is 24.6. The van der Waals surface area contributed by atoms with Gasteiger partial charge in [0.1, 0.15) is 13.2 Å². The lowest BCUT2D eigenvalue weighted by Gasteiger charge is -2.44. The van der Waals surface area contributed by atoms with E-state index in [0.29, 0.717) is 13.8 Å². The summed E-state index contributed by atoms with van der Waals surface area (Å²) in [7, 11) is 0. The number of carbonyl (C=O) groups is 6. The van der Waals surface area contributed by atoms with E-state index in [9.17, 15) is 63.9 Å². The first-order valence-corrected chi connectivity index (χ1v) is 12.6. The lowest BCUT2D eigenvalue weighted by atomic mass is 9.96. The smallest absolute Gasteiger partial charge is 0.355 e. The van der Waals surface area contributed by atoms with Crippen molar-refractivity contribution >= 4 is 35.8 Å². The van der Waals surface area contributed by atoms with Crippen molar-refractivity contribution in [3.8, 4) is 0 Å². The van der Waals surface area contributed by atoms with Crippen molar-refractivity contribution in [2.75, 3.05) is 13.2 Å². The second kappa shape index (κ2) is 15.2. The average molecular weight is 692 g/mol. The summed E-state index contributed by atoms with van der Waals surface area (Å²) in [6, 6.07) is 0. The van der Waals surface area contributed by atoms with E-state index in [1.165, 1.54) is 0 Å². The highest BCUT2D eigenvalue weighted by Crippen LogP contribution is 2.49. The molecule has 0 aromatic carbocycles. The van der Waals surface area contributed by atoms with E-state index in [1.54, 1.807) is 0 Å². The molecule has 0 radical (unpaired) electrons. The molecule has 0 bridgehead atoms. The Morgan fingerprint density at radius 1 is 0.457 bits per heavy atom. The van der Waals surface area contributed by atoms with Gasteiger partial charge in [-0.15, -0.1) is 0 Å². The Balaban J connectivity index is 0.000000460. The molecule has 0 aromatic rings. The van der Waals surface area contributed by atoms with Gasteiger partial charge in [0.2, 0.25) is 24.8 Å². The normalized spacial score (nSPS) is 28.6. The summed E-state index contributed by atoms with van der Waals surface area (Å²) < 4.78 is 147. The number of carbonyl (C=O) groups excluding carboxylic acids is 6. The van der Waals surface area contributed by atoms with E-state index in [1.807, 2.05) is 0 Å². The molecule has 0 aliphatic carbocycles. The Morgan fingerprint density at radius 2 is 0.717 bits per heavy atom. The lowest BCUT2D eigenvalue weighted by Crippen LogP contribution is -2.68. The van der Waals surface area contributed by atoms with Crippen molar-refractivity contribution in [2.45, 2.75) is 102 Å². The fourth-order valence-electron chi connectivity index (χ4n) is 3.58. The Morgan fingerprint density at radius 3 is 0.935 bits per heavy atom. The molecule has 0 spiro atoms. The molecule has 22 heteroatoms. The van der Waals surface area contributed by atoms with Gasteiger partial charge in [0.25, 0.3) is 0 Å². The summed E-state index contributed by atoms with van der Waals surface area (Å²) in [5, 5.41) is 0. The van der Waals surface area contributed by atoms with Crippen molar-refractivity contribution in [1.29, 1.82) is 0 Å². The maximum absolute atomic E-state index is 14.0. The second-order valence-electron chi connectivity index (χ2n) is 9.36. The third kappa shape index (κ3) is 9.59. The van der Waals surface area contributed by atoms with Crippen LogP contribution in [0, 0.1) is 0 Å². The summed E-state index contributed by atoms with van der Waals surface area (Å²) in [5.41, 5.74) is 0. The maximum Gasteiger partial charge on any atom is 0.355 e. The Bertz CT molecular complexity index is 1080. The standard InChI is InChI=1S/2C12H14F4O7/c2*1-5(17)20-4-8-11(13,14)12(15,16)9(21-6(2)18)10(23-8)22-7(3)19/h2*8-10H,4H2,1-3H3/t2*8-,9+,10-/m11/s1. The van der Waals surface area contributed by atoms with E-state index in [2.05, 4.69) is 37.9 Å². The summed E-state index contributed by atoms with van der Waals surface area (Å²) >= 11 is 0. The van der Waals surface area contributed by atoms with E-state index in [4.69, 9.17) is 0 Å². The summed E-state index contributed by atoms with van der Waals surface area (Å²) in [5.74, 6) is -26.4. The molecule has 264 valence electrons. The van der Waals surface area contributed by atoms with E-state index in [-0.39, 0.29) is 0 Å². The molecule has 0 N–H and O–H groups in total. The largest absolute Gasteiger partial charge is 0.463 e. The molecule has 0 saturated carbocycles. The minimum atomic E-state index is -4.93. The summed E-state index contributed by atoms with van der Waals surface area (Å²) in [6.07, 6.45) is -15.5. The molecule has 2 rings (SSSR count). The lowest BCUT2D eigenvalue weighted by molar-refractivity contribution is -0.387. The van der Waals surface area contributed by atoms with Gasteiger partial charge in [-0.05, 0) is 0 Å². The molecule has 6 atom stereocenters. The van der Waals surface area contributed by atoms with E-state index >= 15 is 0 Å².